The van der Waals surface area contributed by atoms with E-state index in [1.807, 2.05) is 66.6 Å². The lowest BCUT2D eigenvalue weighted by Gasteiger charge is -2.37. The Morgan fingerprint density at radius 3 is 2.33 bits per heavy atom. The molecule has 2 aliphatic rings. The zero-order valence-corrected chi connectivity index (χ0v) is 16.2. The van der Waals surface area contributed by atoms with Gasteiger partial charge in [-0.25, -0.2) is 0 Å². The zero-order valence-electron chi connectivity index (χ0n) is 15.4. The number of benzene rings is 1. The molecule has 1 saturated heterocycles. The monoisotopic (exact) mass is 382 g/mol. The van der Waals surface area contributed by atoms with Crippen LogP contribution in [0.4, 0.5) is 0 Å². The number of thiophene rings is 1. The highest BCUT2D eigenvalue weighted by molar-refractivity contribution is 7.11. The molecule has 4 rings (SSSR count). The number of amides is 2. The number of hydrogen-bond donors (Lipinski definition) is 0. The van der Waals surface area contributed by atoms with Crippen LogP contribution in [0.25, 0.3) is 5.57 Å². The van der Waals surface area contributed by atoms with Crippen molar-refractivity contribution < 1.29 is 14.3 Å². The third-order valence-corrected chi connectivity index (χ3v) is 5.72. The van der Waals surface area contributed by atoms with Crippen molar-refractivity contribution in [2.75, 3.05) is 13.1 Å². The maximum absolute atomic E-state index is 13.3. The molecule has 0 bridgehead atoms. The molecule has 0 aliphatic carbocycles. The number of imide groups is 1. The second-order valence-electron chi connectivity index (χ2n) is 7.05. The summed E-state index contributed by atoms with van der Waals surface area (Å²) in [6.45, 7) is 5.49. The predicted molar refractivity (Wildman–Crippen MR) is 105 cm³/mol. The first-order valence-electron chi connectivity index (χ1n) is 9.13. The summed E-state index contributed by atoms with van der Waals surface area (Å²) in [5.74, 6) is -0.429. The number of morpholine rings is 1. The average Bonchev–Trinajstić information content (AvgIpc) is 3.24. The molecule has 0 saturated carbocycles. The van der Waals surface area contributed by atoms with Crippen LogP contribution in [-0.4, -0.2) is 46.9 Å². The fourth-order valence-corrected chi connectivity index (χ4v) is 4.53. The lowest BCUT2D eigenvalue weighted by Crippen LogP contribution is -2.46. The molecule has 5 nitrogen and oxygen atoms in total. The SMILES string of the molecule is CC1CN(C2=C(c3cccs3)C(=O)N(Cc3ccccc3)C2=O)CC(C)O1. The van der Waals surface area contributed by atoms with Crippen LogP contribution in [0.2, 0.25) is 0 Å². The van der Waals surface area contributed by atoms with Crippen LogP contribution in [0.3, 0.4) is 0 Å². The molecule has 1 aromatic carbocycles. The first-order valence-corrected chi connectivity index (χ1v) is 10.0. The summed E-state index contributed by atoms with van der Waals surface area (Å²) in [6, 6.07) is 13.4. The average molecular weight is 382 g/mol. The van der Waals surface area contributed by atoms with Gasteiger partial charge in [-0.1, -0.05) is 36.4 Å². The van der Waals surface area contributed by atoms with Crippen molar-refractivity contribution in [3.05, 3.63) is 64.0 Å². The molecule has 0 N–H and O–H groups in total. The van der Waals surface area contributed by atoms with E-state index in [9.17, 15) is 9.59 Å². The van der Waals surface area contributed by atoms with Gasteiger partial charge in [0.15, 0.2) is 0 Å². The lowest BCUT2D eigenvalue weighted by atomic mass is 10.1. The molecule has 0 radical (unpaired) electrons. The fraction of sp³-hybridized carbons (Fsp3) is 0.333. The number of carbonyl (C=O) groups excluding carboxylic acids is 2. The van der Waals surface area contributed by atoms with E-state index in [4.69, 9.17) is 4.74 Å². The van der Waals surface area contributed by atoms with Gasteiger partial charge in [0.2, 0.25) is 0 Å². The van der Waals surface area contributed by atoms with E-state index in [1.54, 1.807) is 0 Å². The Morgan fingerprint density at radius 2 is 1.70 bits per heavy atom. The molecule has 6 heteroatoms. The minimum atomic E-state index is -0.215. The molecule has 2 aliphatic heterocycles. The molecule has 140 valence electrons. The minimum absolute atomic E-state index is 0.0110. The first-order chi connectivity index (χ1) is 13.0. The summed E-state index contributed by atoms with van der Waals surface area (Å²) >= 11 is 1.49. The minimum Gasteiger partial charge on any atom is -0.372 e. The topological polar surface area (TPSA) is 49.9 Å². The summed E-state index contributed by atoms with van der Waals surface area (Å²) < 4.78 is 5.81. The van der Waals surface area contributed by atoms with E-state index in [0.29, 0.717) is 24.4 Å². The van der Waals surface area contributed by atoms with Crippen molar-refractivity contribution in [2.45, 2.75) is 32.6 Å². The zero-order chi connectivity index (χ0) is 19.0. The summed E-state index contributed by atoms with van der Waals surface area (Å²) in [5, 5.41) is 1.93. The van der Waals surface area contributed by atoms with Crippen LogP contribution in [0.15, 0.2) is 53.5 Å². The van der Waals surface area contributed by atoms with Gasteiger partial charge in [0.05, 0.1) is 24.3 Å². The van der Waals surface area contributed by atoms with Crippen LogP contribution < -0.4 is 0 Å². The van der Waals surface area contributed by atoms with Gasteiger partial charge in [-0.05, 0) is 30.9 Å². The second kappa shape index (κ2) is 7.29. The van der Waals surface area contributed by atoms with E-state index >= 15 is 0 Å². The van der Waals surface area contributed by atoms with Crippen LogP contribution >= 0.6 is 11.3 Å². The molecular weight excluding hydrogens is 360 g/mol. The number of carbonyl (C=O) groups is 2. The number of ether oxygens (including phenoxy) is 1. The van der Waals surface area contributed by atoms with Crippen molar-refractivity contribution in [3.63, 3.8) is 0 Å². The predicted octanol–water partition coefficient (Wildman–Crippen LogP) is 3.14. The third-order valence-electron chi connectivity index (χ3n) is 4.83. The van der Waals surface area contributed by atoms with Crippen LogP contribution in [0.1, 0.15) is 24.3 Å². The van der Waals surface area contributed by atoms with Crippen molar-refractivity contribution in [1.29, 1.82) is 0 Å². The largest absolute Gasteiger partial charge is 0.372 e. The molecule has 1 aromatic heterocycles. The van der Waals surface area contributed by atoms with Crippen molar-refractivity contribution in [2.24, 2.45) is 0 Å². The maximum Gasteiger partial charge on any atom is 0.278 e. The van der Waals surface area contributed by atoms with E-state index in [1.165, 1.54) is 16.2 Å². The Bertz CT molecular complexity index is 866. The maximum atomic E-state index is 13.3. The molecule has 27 heavy (non-hydrogen) atoms. The van der Waals surface area contributed by atoms with Gasteiger partial charge in [-0.3, -0.25) is 14.5 Å². The van der Waals surface area contributed by atoms with E-state index in [-0.39, 0.29) is 30.6 Å². The lowest BCUT2D eigenvalue weighted by molar-refractivity contribution is -0.139. The van der Waals surface area contributed by atoms with Gasteiger partial charge in [0, 0.05) is 18.0 Å². The summed E-state index contributed by atoms with van der Waals surface area (Å²) in [4.78, 5) is 30.8. The van der Waals surface area contributed by atoms with Crippen molar-refractivity contribution >= 4 is 28.7 Å². The van der Waals surface area contributed by atoms with Gasteiger partial charge in [-0.2, -0.15) is 0 Å². The summed E-state index contributed by atoms with van der Waals surface area (Å²) in [5.41, 5.74) is 1.97. The molecular formula is C21H22N2O3S. The molecule has 2 aromatic rings. The van der Waals surface area contributed by atoms with E-state index in [0.717, 1.165) is 10.4 Å². The molecule has 2 atom stereocenters. The highest BCUT2D eigenvalue weighted by atomic mass is 32.1. The number of hydrogen-bond acceptors (Lipinski definition) is 5. The quantitative estimate of drug-likeness (QED) is 0.763. The molecule has 0 spiro atoms. The van der Waals surface area contributed by atoms with Gasteiger partial charge < -0.3 is 9.64 Å². The normalized spacial score (nSPS) is 23.5. The Hall–Kier alpha value is -2.44. The van der Waals surface area contributed by atoms with Crippen molar-refractivity contribution in [3.8, 4) is 0 Å². The molecule has 2 amide bonds. The molecule has 3 heterocycles. The van der Waals surface area contributed by atoms with Gasteiger partial charge >= 0.3 is 0 Å². The third kappa shape index (κ3) is 3.42. The van der Waals surface area contributed by atoms with Crippen LogP contribution in [0.5, 0.6) is 0 Å². The molecule has 1 fully saturated rings. The molecule has 2 unspecified atom stereocenters. The van der Waals surface area contributed by atoms with E-state index in [2.05, 4.69) is 0 Å². The number of rotatable bonds is 4. The van der Waals surface area contributed by atoms with Gasteiger partial charge in [0.1, 0.15) is 5.70 Å². The highest BCUT2D eigenvalue weighted by Crippen LogP contribution is 2.35. The van der Waals surface area contributed by atoms with Gasteiger partial charge in [-0.15, -0.1) is 11.3 Å². The summed E-state index contributed by atoms with van der Waals surface area (Å²) in [6.07, 6.45) is 0.0221. The standard InChI is InChI=1S/C21H22N2O3S/c1-14-11-22(12-15(2)26-14)19-18(17-9-6-10-27-17)20(24)23(21(19)25)13-16-7-4-3-5-8-16/h3-10,14-15H,11-13H2,1-2H3. The van der Waals surface area contributed by atoms with Gasteiger partial charge in [0.25, 0.3) is 11.8 Å². The van der Waals surface area contributed by atoms with Crippen molar-refractivity contribution in [1.82, 2.24) is 9.80 Å². The van der Waals surface area contributed by atoms with Crippen LogP contribution in [0, 0.1) is 0 Å². The first kappa shape index (κ1) is 17.9. The second-order valence-corrected chi connectivity index (χ2v) is 7.99. The summed E-state index contributed by atoms with van der Waals surface area (Å²) in [7, 11) is 0. The fourth-order valence-electron chi connectivity index (χ4n) is 3.77. The Kier molecular flexibility index (Phi) is 4.85. The smallest absolute Gasteiger partial charge is 0.278 e. The Balaban J connectivity index is 1.72. The number of nitrogens with zero attached hydrogens (tertiary/aromatic N) is 2. The Morgan fingerprint density at radius 1 is 1.00 bits per heavy atom. The Labute approximate surface area is 162 Å². The van der Waals surface area contributed by atoms with E-state index < -0.39 is 0 Å². The highest BCUT2D eigenvalue weighted by Gasteiger charge is 2.43. The van der Waals surface area contributed by atoms with Crippen LogP contribution in [-0.2, 0) is 20.9 Å².